The van der Waals surface area contributed by atoms with E-state index in [4.69, 9.17) is 0 Å². The first-order valence-electron chi connectivity index (χ1n) is 4.84. The van der Waals surface area contributed by atoms with E-state index < -0.39 is 0 Å². The summed E-state index contributed by atoms with van der Waals surface area (Å²) >= 11 is 1.34. The van der Waals surface area contributed by atoms with Gasteiger partial charge in [-0.3, -0.25) is 0 Å². The summed E-state index contributed by atoms with van der Waals surface area (Å²) in [4.78, 5) is 0. The Kier molecular flexibility index (Phi) is 5.01. The monoisotopic (exact) mass is 266 g/mol. The SMILES string of the molecule is [Cl-].[Zn+][CH2]c1ccc(-c2ccccc2)cc1. The van der Waals surface area contributed by atoms with Gasteiger partial charge in [0.05, 0.1) is 0 Å². The quantitative estimate of drug-likeness (QED) is 0.692. The minimum absolute atomic E-state index is 0. The van der Waals surface area contributed by atoms with Crippen LogP contribution in [-0.2, 0) is 23.3 Å². The summed E-state index contributed by atoms with van der Waals surface area (Å²) in [5.74, 6) is 0. The number of hydrogen-bond donors (Lipinski definition) is 0. The van der Waals surface area contributed by atoms with Crippen molar-refractivity contribution in [1.82, 2.24) is 0 Å². The van der Waals surface area contributed by atoms with E-state index in [0.29, 0.717) is 0 Å². The molecule has 2 aromatic rings. The summed E-state index contributed by atoms with van der Waals surface area (Å²) in [6, 6.07) is 19.4. The van der Waals surface area contributed by atoms with Gasteiger partial charge in [-0.2, -0.15) is 0 Å². The van der Waals surface area contributed by atoms with Crippen molar-refractivity contribution in [1.29, 1.82) is 0 Å². The predicted octanol–water partition coefficient (Wildman–Crippen LogP) is 0.404. The van der Waals surface area contributed by atoms with Crippen molar-refractivity contribution in [2.45, 2.75) is 5.02 Å². The molecule has 0 N–H and O–H groups in total. The number of rotatable bonds is 2. The van der Waals surface area contributed by atoms with E-state index in [2.05, 4.69) is 54.6 Å². The third kappa shape index (κ3) is 3.16. The minimum atomic E-state index is 0. The normalized spacial score (nSPS) is 9.47. The Labute approximate surface area is 107 Å². The molecule has 0 saturated heterocycles. The third-order valence-electron chi connectivity index (χ3n) is 2.35. The Balaban J connectivity index is 0.00000112. The van der Waals surface area contributed by atoms with Gasteiger partial charge in [-0.1, -0.05) is 0 Å². The number of hydrogen-bond acceptors (Lipinski definition) is 0. The van der Waals surface area contributed by atoms with Crippen LogP contribution in [0.2, 0.25) is 0 Å². The van der Waals surface area contributed by atoms with Gasteiger partial charge in [0.25, 0.3) is 0 Å². The fraction of sp³-hybridized carbons (Fsp3) is 0.0769. The second-order valence-corrected chi connectivity index (χ2v) is 4.36. The molecule has 0 aliphatic heterocycles. The topological polar surface area (TPSA) is 0 Å². The van der Waals surface area contributed by atoms with Crippen LogP contribution in [0.1, 0.15) is 5.56 Å². The van der Waals surface area contributed by atoms with Crippen LogP contribution in [0.3, 0.4) is 0 Å². The summed E-state index contributed by atoms with van der Waals surface area (Å²) in [5.41, 5.74) is 4.05. The summed E-state index contributed by atoms with van der Waals surface area (Å²) in [7, 11) is 0. The predicted molar refractivity (Wildman–Crippen MR) is 55.6 cm³/mol. The van der Waals surface area contributed by atoms with E-state index in [1.807, 2.05) is 0 Å². The van der Waals surface area contributed by atoms with Crippen LogP contribution in [0, 0.1) is 0 Å². The maximum atomic E-state index is 2.23. The van der Waals surface area contributed by atoms with E-state index in [1.165, 1.54) is 40.0 Å². The molecular weight excluding hydrogens is 257 g/mol. The Hall–Kier alpha value is -0.647. The molecule has 0 amide bonds. The van der Waals surface area contributed by atoms with Gasteiger partial charge in [0.2, 0.25) is 0 Å². The summed E-state index contributed by atoms with van der Waals surface area (Å²) in [6.07, 6.45) is 0. The Bertz CT molecular complexity index is 395. The molecule has 2 heteroatoms. The fourth-order valence-electron chi connectivity index (χ4n) is 1.49. The van der Waals surface area contributed by atoms with Crippen LogP contribution in [-0.4, -0.2) is 0 Å². The van der Waals surface area contributed by atoms with Crippen LogP contribution < -0.4 is 12.4 Å². The molecule has 0 saturated carbocycles. The van der Waals surface area contributed by atoms with Gasteiger partial charge in [0.15, 0.2) is 0 Å². The van der Waals surface area contributed by atoms with E-state index in [9.17, 15) is 0 Å². The third-order valence-corrected chi connectivity index (χ3v) is 3.56. The fourth-order valence-corrected chi connectivity index (χ4v) is 2.19. The summed E-state index contributed by atoms with van der Waals surface area (Å²) in [6.45, 7) is 0. The van der Waals surface area contributed by atoms with Crippen molar-refractivity contribution >= 4 is 0 Å². The van der Waals surface area contributed by atoms with E-state index in [0.717, 1.165) is 0 Å². The van der Waals surface area contributed by atoms with Gasteiger partial charge < -0.3 is 12.4 Å². The first-order chi connectivity index (χ1) is 6.90. The van der Waals surface area contributed by atoms with Crippen molar-refractivity contribution in [2.75, 3.05) is 0 Å². The van der Waals surface area contributed by atoms with Gasteiger partial charge in [-0.15, -0.1) is 0 Å². The summed E-state index contributed by atoms with van der Waals surface area (Å²) < 4.78 is 0. The molecule has 0 spiro atoms. The van der Waals surface area contributed by atoms with Crippen LogP contribution >= 0.6 is 0 Å². The molecule has 0 aliphatic rings. The van der Waals surface area contributed by atoms with Crippen LogP contribution in [0.25, 0.3) is 11.1 Å². The van der Waals surface area contributed by atoms with Crippen molar-refractivity contribution < 1.29 is 30.7 Å². The van der Waals surface area contributed by atoms with E-state index in [1.54, 1.807) is 0 Å². The Morgan fingerprint density at radius 1 is 0.733 bits per heavy atom. The number of halogens is 1. The molecule has 15 heavy (non-hydrogen) atoms. The molecule has 2 aromatic carbocycles. The Morgan fingerprint density at radius 3 is 1.80 bits per heavy atom. The molecule has 2 rings (SSSR count). The molecule has 0 radical (unpaired) electrons. The first-order valence-corrected chi connectivity index (χ1v) is 6.93. The molecule has 0 aliphatic carbocycles. The molecular formula is C13H11ClZn. The molecule has 0 aromatic heterocycles. The van der Waals surface area contributed by atoms with Gasteiger partial charge in [0.1, 0.15) is 0 Å². The standard InChI is InChI=1S/C13H11.ClH.Zn/c1-11-7-9-13(10-8-11)12-5-3-2-4-6-12;;/h2-10H,1H2;1H;/q;;+1/p-1. The molecule has 0 fully saturated rings. The zero-order valence-corrected chi connectivity index (χ0v) is 12.2. The number of benzene rings is 2. The molecule has 0 unspecified atom stereocenters. The van der Waals surface area contributed by atoms with Gasteiger partial charge in [-0.25, -0.2) is 0 Å². The molecule has 0 heterocycles. The second-order valence-electron chi connectivity index (χ2n) is 3.31. The zero-order valence-electron chi connectivity index (χ0n) is 8.49. The van der Waals surface area contributed by atoms with Crippen molar-refractivity contribution in [2.24, 2.45) is 0 Å². The van der Waals surface area contributed by atoms with E-state index in [-0.39, 0.29) is 12.4 Å². The van der Waals surface area contributed by atoms with Gasteiger partial charge in [-0.05, 0) is 0 Å². The van der Waals surface area contributed by atoms with Crippen molar-refractivity contribution in [3.8, 4) is 11.1 Å². The molecule has 72 valence electrons. The van der Waals surface area contributed by atoms with E-state index >= 15 is 0 Å². The zero-order chi connectivity index (χ0) is 9.80. The Morgan fingerprint density at radius 2 is 1.27 bits per heavy atom. The average molecular weight is 268 g/mol. The second kappa shape index (κ2) is 6.05. The van der Waals surface area contributed by atoms with Gasteiger partial charge in [0, 0.05) is 0 Å². The maximum absolute atomic E-state index is 2.23. The van der Waals surface area contributed by atoms with Crippen LogP contribution in [0.15, 0.2) is 54.6 Å². The molecule has 0 atom stereocenters. The van der Waals surface area contributed by atoms with Crippen LogP contribution in [0.4, 0.5) is 0 Å². The average Bonchev–Trinajstić information content (AvgIpc) is 2.30. The van der Waals surface area contributed by atoms with Gasteiger partial charge >= 0.3 is 94.6 Å². The first kappa shape index (κ1) is 12.4. The molecule has 0 nitrogen and oxygen atoms in total. The van der Waals surface area contributed by atoms with Crippen molar-refractivity contribution in [3.05, 3.63) is 60.2 Å². The van der Waals surface area contributed by atoms with Crippen molar-refractivity contribution in [3.63, 3.8) is 0 Å². The molecule has 0 bridgehead atoms. The van der Waals surface area contributed by atoms with Crippen LogP contribution in [0.5, 0.6) is 0 Å². The summed E-state index contributed by atoms with van der Waals surface area (Å²) in [5, 5.41) is 1.23.